The van der Waals surface area contributed by atoms with Crippen molar-refractivity contribution in [3.63, 3.8) is 0 Å². The number of aromatic nitrogens is 2. The van der Waals surface area contributed by atoms with Crippen LogP contribution in [0.2, 0.25) is 5.02 Å². The molecule has 5 rings (SSSR count). The molecule has 0 saturated carbocycles. The maximum atomic E-state index is 14.3. The molecule has 2 aromatic rings. The van der Waals surface area contributed by atoms with Crippen molar-refractivity contribution in [2.75, 3.05) is 38.2 Å². The highest BCUT2D eigenvalue weighted by molar-refractivity contribution is 9.10. The Hall–Kier alpha value is -2.42. The molecule has 0 aliphatic carbocycles. The molecular weight excluding hydrogens is 603 g/mol. The average Bonchev–Trinajstić information content (AvgIpc) is 3.53. The van der Waals surface area contributed by atoms with Crippen molar-refractivity contribution in [2.24, 2.45) is 0 Å². The van der Waals surface area contributed by atoms with E-state index in [1.54, 1.807) is 11.0 Å². The summed E-state index contributed by atoms with van der Waals surface area (Å²) < 4.78 is 26.6. The molecule has 4 atom stereocenters. The van der Waals surface area contributed by atoms with E-state index in [-0.39, 0.29) is 41.9 Å². The van der Waals surface area contributed by atoms with Crippen LogP contribution in [0, 0.1) is 11.3 Å². The predicted octanol–water partition coefficient (Wildman–Crippen LogP) is 5.71. The predicted molar refractivity (Wildman–Crippen MR) is 155 cm³/mol. The standard InChI is InChI=1S/C28H35BrClFN6O3/c1-16-21(7-10-37(16)26(38)40-27(2,3)4)35(5)24-18-11-20(30)22(29)19(13-32)23(18)33-25(34-24)39-15-28-8-6-9-36(28)14-17(31)12-28/h11,16-17,21H,6-10,12,14-15H2,1-5H3/t16-,17-,21-,28+/m1/s1. The molecule has 0 radical (unpaired) electrons. The number of benzene rings is 1. The fourth-order valence-electron chi connectivity index (χ4n) is 6.43. The minimum absolute atomic E-state index is 0.0857. The number of rotatable bonds is 5. The lowest BCUT2D eigenvalue weighted by atomic mass is 9.95. The summed E-state index contributed by atoms with van der Waals surface area (Å²) in [5.41, 5.74) is -0.264. The van der Waals surface area contributed by atoms with Crippen LogP contribution < -0.4 is 9.64 Å². The van der Waals surface area contributed by atoms with Crippen LogP contribution in [-0.2, 0) is 4.74 Å². The van der Waals surface area contributed by atoms with E-state index in [4.69, 9.17) is 26.1 Å². The molecule has 3 saturated heterocycles. The second kappa shape index (κ2) is 10.8. The maximum absolute atomic E-state index is 14.3. The third-order valence-electron chi connectivity index (χ3n) is 8.36. The van der Waals surface area contributed by atoms with E-state index in [2.05, 4.69) is 31.9 Å². The molecule has 1 aromatic heterocycles. The molecule has 0 N–H and O–H groups in total. The molecule has 4 heterocycles. The number of halogens is 3. The van der Waals surface area contributed by atoms with E-state index in [1.165, 1.54) is 0 Å². The van der Waals surface area contributed by atoms with E-state index in [9.17, 15) is 14.4 Å². The smallest absolute Gasteiger partial charge is 0.410 e. The molecular formula is C28H35BrClFN6O3. The van der Waals surface area contributed by atoms with Gasteiger partial charge in [0, 0.05) is 31.9 Å². The zero-order valence-corrected chi connectivity index (χ0v) is 25.9. The Morgan fingerprint density at radius 3 is 2.83 bits per heavy atom. The van der Waals surface area contributed by atoms with Crippen molar-refractivity contribution in [1.29, 1.82) is 5.26 Å². The maximum Gasteiger partial charge on any atom is 0.410 e. The Labute approximate surface area is 247 Å². The van der Waals surface area contributed by atoms with Gasteiger partial charge in [0.25, 0.3) is 0 Å². The minimum Gasteiger partial charge on any atom is -0.461 e. The molecule has 3 fully saturated rings. The Morgan fingerprint density at radius 2 is 2.12 bits per heavy atom. The van der Waals surface area contributed by atoms with Crippen LogP contribution in [0.5, 0.6) is 6.01 Å². The largest absolute Gasteiger partial charge is 0.461 e. The summed E-state index contributed by atoms with van der Waals surface area (Å²) in [7, 11) is 1.91. The number of carbonyl (C=O) groups is 1. The van der Waals surface area contributed by atoms with Crippen LogP contribution in [0.25, 0.3) is 10.9 Å². The van der Waals surface area contributed by atoms with Crippen LogP contribution in [0.1, 0.15) is 58.9 Å². The van der Waals surface area contributed by atoms with E-state index < -0.39 is 11.8 Å². The number of fused-ring (bicyclic) bond motifs is 2. The number of nitrogens with zero attached hydrogens (tertiary/aromatic N) is 6. The molecule has 216 valence electrons. The van der Waals surface area contributed by atoms with Gasteiger partial charge in [-0.25, -0.2) is 9.18 Å². The fraction of sp³-hybridized carbons (Fsp3) is 0.643. The van der Waals surface area contributed by atoms with Gasteiger partial charge in [-0.2, -0.15) is 15.2 Å². The zero-order valence-electron chi connectivity index (χ0n) is 23.5. The van der Waals surface area contributed by atoms with Gasteiger partial charge in [0.2, 0.25) is 0 Å². The number of hydrogen-bond acceptors (Lipinski definition) is 8. The average molecular weight is 638 g/mol. The number of alkyl halides is 1. The number of likely N-dealkylation sites (N-methyl/N-ethyl adjacent to an activating group) is 1. The molecule has 1 aromatic carbocycles. The van der Waals surface area contributed by atoms with E-state index in [0.717, 1.165) is 19.4 Å². The lowest BCUT2D eigenvalue weighted by molar-refractivity contribution is 0.0233. The van der Waals surface area contributed by atoms with E-state index in [0.29, 0.717) is 52.1 Å². The highest BCUT2D eigenvalue weighted by Gasteiger charge is 2.49. The van der Waals surface area contributed by atoms with Crippen molar-refractivity contribution in [3.8, 4) is 12.1 Å². The lowest BCUT2D eigenvalue weighted by Gasteiger charge is -2.33. The number of hydrogen-bond donors (Lipinski definition) is 0. The number of likely N-dealkylation sites (tertiary alicyclic amines) is 1. The van der Waals surface area contributed by atoms with Gasteiger partial charge in [0.05, 0.1) is 38.2 Å². The number of anilines is 1. The Kier molecular flexibility index (Phi) is 7.83. The first-order chi connectivity index (χ1) is 18.8. The van der Waals surface area contributed by atoms with Crippen molar-refractivity contribution in [2.45, 2.75) is 82.8 Å². The van der Waals surface area contributed by atoms with Crippen molar-refractivity contribution >= 4 is 50.3 Å². The summed E-state index contributed by atoms with van der Waals surface area (Å²) in [6, 6.07) is 3.82. The number of carbonyl (C=O) groups excluding carboxylic acids is 1. The van der Waals surface area contributed by atoms with Gasteiger partial charge in [-0.15, -0.1) is 0 Å². The van der Waals surface area contributed by atoms with Gasteiger partial charge in [0.15, 0.2) is 0 Å². The first-order valence-corrected chi connectivity index (χ1v) is 14.8. The monoisotopic (exact) mass is 636 g/mol. The van der Waals surface area contributed by atoms with Crippen molar-refractivity contribution in [1.82, 2.24) is 19.8 Å². The molecule has 0 spiro atoms. The quantitative estimate of drug-likeness (QED) is 0.412. The topological polar surface area (TPSA) is 94.8 Å². The zero-order chi connectivity index (χ0) is 29.0. The summed E-state index contributed by atoms with van der Waals surface area (Å²) >= 11 is 9.94. The molecule has 3 aliphatic rings. The molecule has 0 bridgehead atoms. The van der Waals surface area contributed by atoms with Crippen LogP contribution >= 0.6 is 27.5 Å². The van der Waals surface area contributed by atoms with Gasteiger partial charge in [0.1, 0.15) is 30.3 Å². The Morgan fingerprint density at radius 1 is 1.38 bits per heavy atom. The van der Waals surface area contributed by atoms with Crippen LogP contribution in [0.4, 0.5) is 15.0 Å². The normalized spacial score (nSPS) is 26.7. The Bertz CT molecular complexity index is 1370. The van der Waals surface area contributed by atoms with Crippen LogP contribution in [0.15, 0.2) is 10.5 Å². The summed E-state index contributed by atoms with van der Waals surface area (Å²) in [5, 5.41) is 11.0. The molecule has 0 unspecified atom stereocenters. The van der Waals surface area contributed by atoms with Gasteiger partial charge in [-0.05, 0) is 75.5 Å². The highest BCUT2D eigenvalue weighted by atomic mass is 79.9. The molecule has 12 heteroatoms. The second-order valence-electron chi connectivity index (χ2n) is 12.1. The molecule has 1 amide bonds. The SMILES string of the molecule is C[C@@H]1[C@H](N(C)c2nc(OC[C@@]34CCCN3C[C@H](F)C4)nc3c(C#N)c(Br)c(Cl)cc23)CCN1C(=O)OC(C)(C)C. The van der Waals surface area contributed by atoms with E-state index >= 15 is 0 Å². The number of ether oxygens (including phenoxy) is 2. The highest BCUT2D eigenvalue weighted by Crippen LogP contribution is 2.42. The summed E-state index contributed by atoms with van der Waals surface area (Å²) in [4.78, 5) is 28.2. The fourth-order valence-corrected chi connectivity index (χ4v) is 7.03. The van der Waals surface area contributed by atoms with Gasteiger partial charge >= 0.3 is 12.1 Å². The van der Waals surface area contributed by atoms with Crippen LogP contribution in [-0.4, -0.2) is 88.5 Å². The summed E-state index contributed by atoms with van der Waals surface area (Å²) in [6.45, 7) is 9.62. The third kappa shape index (κ3) is 5.30. The van der Waals surface area contributed by atoms with Crippen molar-refractivity contribution < 1.29 is 18.7 Å². The molecule has 40 heavy (non-hydrogen) atoms. The second-order valence-corrected chi connectivity index (χ2v) is 13.3. The van der Waals surface area contributed by atoms with E-state index in [1.807, 2.05) is 39.6 Å². The third-order valence-corrected chi connectivity index (χ3v) is 9.71. The summed E-state index contributed by atoms with van der Waals surface area (Å²) in [5.74, 6) is 0.546. The minimum atomic E-state index is -0.872. The number of nitriles is 1. The van der Waals surface area contributed by atoms with Crippen molar-refractivity contribution in [3.05, 3.63) is 21.1 Å². The summed E-state index contributed by atoms with van der Waals surface area (Å²) in [6.07, 6.45) is 1.76. The Balaban J connectivity index is 1.50. The molecule has 3 aliphatic heterocycles. The lowest BCUT2D eigenvalue weighted by Crippen LogP contribution is -2.45. The van der Waals surface area contributed by atoms with Gasteiger partial charge in [-0.1, -0.05) is 11.6 Å². The van der Waals surface area contributed by atoms with Crippen LogP contribution in [0.3, 0.4) is 0 Å². The van der Waals surface area contributed by atoms with Gasteiger partial charge < -0.3 is 19.3 Å². The molecule has 9 nitrogen and oxygen atoms in total. The first-order valence-electron chi connectivity index (χ1n) is 13.7. The van der Waals surface area contributed by atoms with Gasteiger partial charge in [-0.3, -0.25) is 4.90 Å². The first kappa shape index (κ1) is 29.1. The number of amides is 1.